The van der Waals surface area contributed by atoms with E-state index in [9.17, 15) is 4.79 Å². The number of fused-ring (bicyclic) bond motifs is 1. The summed E-state index contributed by atoms with van der Waals surface area (Å²) in [7, 11) is 1.58. The minimum Gasteiger partial charge on any atom is -0.493 e. The molecule has 9 heteroatoms. The number of carbonyl (C=O) groups is 1. The van der Waals surface area contributed by atoms with Crippen molar-refractivity contribution in [3.63, 3.8) is 0 Å². The second-order valence-electron chi connectivity index (χ2n) is 6.92. The van der Waals surface area contributed by atoms with Gasteiger partial charge in [-0.25, -0.2) is 4.79 Å². The van der Waals surface area contributed by atoms with E-state index in [0.717, 1.165) is 11.1 Å². The van der Waals surface area contributed by atoms with Crippen LogP contribution in [0, 0.1) is 0 Å². The van der Waals surface area contributed by atoms with E-state index in [1.54, 1.807) is 25.6 Å². The van der Waals surface area contributed by atoms with Crippen molar-refractivity contribution in [1.29, 1.82) is 0 Å². The predicted octanol–water partition coefficient (Wildman–Crippen LogP) is 3.11. The molecule has 0 saturated carbocycles. The first-order chi connectivity index (χ1) is 15.1. The molecule has 0 saturated heterocycles. The lowest BCUT2D eigenvalue weighted by Crippen LogP contribution is -2.29. The fourth-order valence-electron chi connectivity index (χ4n) is 3.50. The molecule has 0 fully saturated rings. The SMILES string of the molecule is CCOC(=O)C1=C(C)Nc2nnnn2[C@@H]1c1ccc(OCc2ccccc2)c(OC)c1. The largest absolute Gasteiger partial charge is 0.493 e. The van der Waals surface area contributed by atoms with Gasteiger partial charge in [0.05, 0.1) is 19.3 Å². The second kappa shape index (κ2) is 8.86. The highest BCUT2D eigenvalue weighted by atomic mass is 16.5. The summed E-state index contributed by atoms with van der Waals surface area (Å²) in [5.41, 5.74) is 2.88. The van der Waals surface area contributed by atoms with E-state index in [1.807, 2.05) is 48.5 Å². The summed E-state index contributed by atoms with van der Waals surface area (Å²) in [5.74, 6) is 1.16. The molecule has 2 heterocycles. The Morgan fingerprint density at radius 1 is 1.16 bits per heavy atom. The van der Waals surface area contributed by atoms with E-state index in [1.165, 1.54) is 0 Å². The number of nitrogens with zero attached hydrogens (tertiary/aromatic N) is 4. The number of rotatable bonds is 7. The van der Waals surface area contributed by atoms with Crippen molar-refractivity contribution < 1.29 is 19.0 Å². The van der Waals surface area contributed by atoms with Crippen molar-refractivity contribution >= 4 is 11.9 Å². The van der Waals surface area contributed by atoms with Crippen LogP contribution in [0.25, 0.3) is 0 Å². The Morgan fingerprint density at radius 3 is 2.71 bits per heavy atom. The highest BCUT2D eigenvalue weighted by molar-refractivity contribution is 5.92. The molecule has 0 unspecified atom stereocenters. The third kappa shape index (κ3) is 4.07. The monoisotopic (exact) mass is 421 g/mol. The number of allylic oxidation sites excluding steroid dienone is 1. The van der Waals surface area contributed by atoms with E-state index in [0.29, 0.717) is 35.3 Å². The average Bonchev–Trinajstić information content (AvgIpc) is 3.25. The Morgan fingerprint density at radius 2 is 1.97 bits per heavy atom. The summed E-state index contributed by atoms with van der Waals surface area (Å²) in [6, 6.07) is 14.8. The van der Waals surface area contributed by atoms with E-state index in [2.05, 4.69) is 20.8 Å². The Bertz CT molecular complexity index is 1110. The summed E-state index contributed by atoms with van der Waals surface area (Å²) in [6.45, 7) is 4.24. The molecule has 1 atom stereocenters. The van der Waals surface area contributed by atoms with Crippen LogP contribution in [0.15, 0.2) is 59.8 Å². The number of hydrogen-bond acceptors (Lipinski definition) is 8. The van der Waals surface area contributed by atoms with Crippen LogP contribution < -0.4 is 14.8 Å². The van der Waals surface area contributed by atoms with Crippen molar-refractivity contribution in [1.82, 2.24) is 20.2 Å². The molecular formula is C22H23N5O4. The lowest BCUT2D eigenvalue weighted by molar-refractivity contribution is -0.139. The van der Waals surface area contributed by atoms with Crippen LogP contribution in [0.3, 0.4) is 0 Å². The van der Waals surface area contributed by atoms with Crippen LogP contribution in [0.1, 0.15) is 31.0 Å². The van der Waals surface area contributed by atoms with Gasteiger partial charge >= 0.3 is 5.97 Å². The van der Waals surface area contributed by atoms with Crippen molar-refractivity contribution in [2.45, 2.75) is 26.5 Å². The maximum absolute atomic E-state index is 12.7. The Kier molecular flexibility index (Phi) is 5.83. The lowest BCUT2D eigenvalue weighted by atomic mass is 9.95. The molecule has 4 rings (SSSR count). The molecule has 9 nitrogen and oxygen atoms in total. The number of hydrogen-bond donors (Lipinski definition) is 1. The Labute approximate surface area is 179 Å². The molecule has 0 radical (unpaired) electrons. The minimum atomic E-state index is -0.567. The number of ether oxygens (including phenoxy) is 3. The molecule has 1 aromatic heterocycles. The van der Waals surface area contributed by atoms with Crippen LogP contribution in [-0.2, 0) is 16.1 Å². The van der Waals surface area contributed by atoms with Gasteiger partial charge in [-0.2, -0.15) is 4.68 Å². The van der Waals surface area contributed by atoms with E-state index >= 15 is 0 Å². The van der Waals surface area contributed by atoms with E-state index in [4.69, 9.17) is 14.2 Å². The second-order valence-corrected chi connectivity index (χ2v) is 6.92. The fourth-order valence-corrected chi connectivity index (χ4v) is 3.50. The Balaban J connectivity index is 1.69. The third-order valence-corrected chi connectivity index (χ3v) is 4.95. The molecule has 0 aliphatic carbocycles. The van der Waals surface area contributed by atoms with Gasteiger partial charge in [0, 0.05) is 5.70 Å². The fraction of sp³-hybridized carbons (Fsp3) is 0.273. The van der Waals surface area contributed by atoms with Crippen molar-refractivity contribution in [2.75, 3.05) is 19.0 Å². The van der Waals surface area contributed by atoms with Crippen molar-refractivity contribution in [3.05, 3.63) is 70.9 Å². The predicted molar refractivity (Wildman–Crippen MR) is 113 cm³/mol. The first-order valence-electron chi connectivity index (χ1n) is 9.89. The number of carbonyl (C=O) groups excluding carboxylic acids is 1. The molecule has 31 heavy (non-hydrogen) atoms. The van der Waals surface area contributed by atoms with Crippen LogP contribution >= 0.6 is 0 Å². The highest BCUT2D eigenvalue weighted by Gasteiger charge is 2.35. The number of benzene rings is 2. The first kappa shape index (κ1) is 20.4. The smallest absolute Gasteiger partial charge is 0.338 e. The first-order valence-corrected chi connectivity index (χ1v) is 9.89. The normalized spacial score (nSPS) is 15.1. The zero-order valence-corrected chi connectivity index (χ0v) is 17.5. The van der Waals surface area contributed by atoms with Gasteiger partial charge in [0.2, 0.25) is 5.95 Å². The van der Waals surface area contributed by atoms with Crippen molar-refractivity contribution in [3.8, 4) is 11.5 Å². The molecule has 1 aliphatic heterocycles. The number of tetrazole rings is 1. The summed E-state index contributed by atoms with van der Waals surface area (Å²) < 4.78 is 18.4. The summed E-state index contributed by atoms with van der Waals surface area (Å²) >= 11 is 0. The standard InChI is InChI=1S/C22H23N5O4/c1-4-30-21(28)19-14(2)23-22-24-25-26-27(22)20(19)16-10-11-17(18(12-16)29-3)31-13-15-8-6-5-7-9-15/h5-12,20H,4,13H2,1-3H3,(H,23,24,26)/t20-/m1/s1. The number of aromatic nitrogens is 4. The van der Waals surface area contributed by atoms with Gasteiger partial charge in [0.25, 0.3) is 0 Å². The molecule has 1 aliphatic rings. The van der Waals surface area contributed by atoms with Crippen LogP contribution in [0.4, 0.5) is 5.95 Å². The van der Waals surface area contributed by atoms with Crippen LogP contribution in [0.5, 0.6) is 11.5 Å². The quantitative estimate of drug-likeness (QED) is 0.581. The zero-order chi connectivity index (χ0) is 21.8. The molecule has 3 aromatic rings. The molecular weight excluding hydrogens is 398 g/mol. The lowest BCUT2D eigenvalue weighted by Gasteiger charge is -2.27. The maximum atomic E-state index is 12.7. The molecule has 0 spiro atoms. The Hall–Kier alpha value is -3.88. The zero-order valence-electron chi connectivity index (χ0n) is 17.5. The van der Waals surface area contributed by atoms with Gasteiger partial charge in [-0.1, -0.05) is 41.5 Å². The summed E-state index contributed by atoms with van der Waals surface area (Å²) in [5, 5.41) is 14.9. The summed E-state index contributed by atoms with van der Waals surface area (Å²) in [4.78, 5) is 12.7. The van der Waals surface area contributed by atoms with Gasteiger partial charge in [0.15, 0.2) is 11.5 Å². The van der Waals surface area contributed by atoms with Gasteiger partial charge in [-0.05, 0) is 47.5 Å². The van der Waals surface area contributed by atoms with Gasteiger partial charge in [0.1, 0.15) is 12.6 Å². The number of methoxy groups -OCH3 is 1. The highest BCUT2D eigenvalue weighted by Crippen LogP contribution is 2.38. The van der Waals surface area contributed by atoms with E-state index < -0.39 is 12.0 Å². The molecule has 0 bridgehead atoms. The van der Waals surface area contributed by atoms with Crippen LogP contribution in [0.2, 0.25) is 0 Å². The molecule has 160 valence electrons. The average molecular weight is 421 g/mol. The third-order valence-electron chi connectivity index (χ3n) is 4.95. The van der Waals surface area contributed by atoms with Crippen LogP contribution in [-0.4, -0.2) is 39.9 Å². The number of nitrogens with one attached hydrogen (secondary N) is 1. The van der Waals surface area contributed by atoms with Gasteiger partial charge in [-0.3, -0.25) is 0 Å². The molecule has 1 N–H and O–H groups in total. The topological polar surface area (TPSA) is 100 Å². The van der Waals surface area contributed by atoms with Gasteiger partial charge in [-0.15, -0.1) is 0 Å². The number of esters is 1. The maximum Gasteiger partial charge on any atom is 0.338 e. The number of anilines is 1. The molecule has 0 amide bonds. The van der Waals surface area contributed by atoms with Crippen molar-refractivity contribution in [2.24, 2.45) is 0 Å². The van der Waals surface area contributed by atoms with Gasteiger partial charge < -0.3 is 19.5 Å². The summed E-state index contributed by atoms with van der Waals surface area (Å²) in [6.07, 6.45) is 0. The molecule has 2 aromatic carbocycles. The minimum absolute atomic E-state index is 0.264. The van der Waals surface area contributed by atoms with E-state index in [-0.39, 0.29) is 6.61 Å².